The van der Waals surface area contributed by atoms with Crippen LogP contribution in [0.25, 0.3) is 0 Å². The molecule has 1 atom stereocenters. The lowest BCUT2D eigenvalue weighted by Gasteiger charge is -2.21. The Kier molecular flexibility index (Phi) is 10.0. The average Bonchev–Trinajstić information content (AvgIpc) is 2.21. The van der Waals surface area contributed by atoms with E-state index in [-0.39, 0.29) is 6.10 Å². The molecule has 0 aromatic rings. The highest BCUT2D eigenvalue weighted by atomic mass is 32.2. The molecule has 0 rings (SSSR count). The summed E-state index contributed by atoms with van der Waals surface area (Å²) in [5, 5.41) is 9.72. The fourth-order valence-electron chi connectivity index (χ4n) is 1.30. The molecular weight excluding hydrogens is 194 g/mol. The molecule has 0 aliphatic heterocycles. The van der Waals surface area contributed by atoms with Gasteiger partial charge in [0, 0.05) is 12.3 Å². The molecule has 2 nitrogen and oxygen atoms in total. The molecule has 0 aliphatic rings. The number of aliphatic hydroxyl groups excluding tert-OH is 1. The van der Waals surface area contributed by atoms with Gasteiger partial charge >= 0.3 is 0 Å². The van der Waals surface area contributed by atoms with Gasteiger partial charge in [0.1, 0.15) is 0 Å². The minimum atomic E-state index is -0.156. The number of hydrogen-bond acceptors (Lipinski definition) is 3. The molecule has 1 N–H and O–H groups in total. The van der Waals surface area contributed by atoms with Crippen LogP contribution in [-0.4, -0.2) is 47.3 Å². The molecule has 0 radical (unpaired) electrons. The molecule has 0 aromatic heterocycles. The van der Waals surface area contributed by atoms with Crippen LogP contribution in [0.4, 0.5) is 0 Å². The molecule has 0 heterocycles. The number of likely N-dealkylation sites (N-methyl/N-ethyl adjacent to an activating group) is 1. The van der Waals surface area contributed by atoms with E-state index in [1.54, 1.807) is 0 Å². The van der Waals surface area contributed by atoms with Gasteiger partial charge in [-0.15, -0.1) is 0 Å². The molecule has 3 heteroatoms. The fourth-order valence-corrected chi connectivity index (χ4v) is 2.34. The number of aliphatic hydroxyl groups is 1. The first-order chi connectivity index (χ1) is 6.74. The van der Waals surface area contributed by atoms with E-state index < -0.39 is 0 Å². The summed E-state index contributed by atoms with van der Waals surface area (Å²) < 4.78 is 0. The van der Waals surface area contributed by atoms with E-state index in [0.717, 1.165) is 25.4 Å². The van der Waals surface area contributed by atoms with Gasteiger partial charge in [0.05, 0.1) is 6.10 Å². The largest absolute Gasteiger partial charge is 0.391 e. The fraction of sp³-hybridized carbons (Fsp3) is 1.00. The van der Waals surface area contributed by atoms with Crippen molar-refractivity contribution in [2.24, 2.45) is 0 Å². The summed E-state index contributed by atoms with van der Waals surface area (Å²) in [6.07, 6.45) is 2.36. The highest BCUT2D eigenvalue weighted by Crippen LogP contribution is 2.07. The Bertz CT molecular complexity index is 118. The average molecular weight is 219 g/mol. The van der Waals surface area contributed by atoms with Crippen LogP contribution in [0.3, 0.4) is 0 Å². The Morgan fingerprint density at radius 3 is 2.36 bits per heavy atom. The monoisotopic (exact) mass is 219 g/mol. The molecule has 0 spiro atoms. The van der Waals surface area contributed by atoms with Crippen molar-refractivity contribution in [3.05, 3.63) is 0 Å². The number of thioether (sulfide) groups is 1. The van der Waals surface area contributed by atoms with Crippen molar-refractivity contribution in [3.8, 4) is 0 Å². The molecular formula is C11H25NOS. The van der Waals surface area contributed by atoms with Gasteiger partial charge in [-0.3, -0.25) is 0 Å². The van der Waals surface area contributed by atoms with Crippen LogP contribution in [-0.2, 0) is 0 Å². The van der Waals surface area contributed by atoms with Gasteiger partial charge in [0.2, 0.25) is 0 Å². The second-order valence-corrected chi connectivity index (χ2v) is 4.72. The molecule has 0 unspecified atom stereocenters. The summed E-state index contributed by atoms with van der Waals surface area (Å²) >= 11 is 1.87. The Morgan fingerprint density at radius 1 is 1.21 bits per heavy atom. The Labute approximate surface area is 93.1 Å². The third kappa shape index (κ3) is 7.65. The molecule has 0 bridgehead atoms. The van der Waals surface area contributed by atoms with Crippen molar-refractivity contribution in [1.29, 1.82) is 0 Å². The van der Waals surface area contributed by atoms with Gasteiger partial charge in [-0.2, -0.15) is 11.8 Å². The van der Waals surface area contributed by atoms with Crippen molar-refractivity contribution in [3.63, 3.8) is 0 Å². The first kappa shape index (κ1) is 14.3. The van der Waals surface area contributed by atoms with Crippen molar-refractivity contribution < 1.29 is 5.11 Å². The van der Waals surface area contributed by atoms with Gasteiger partial charge in [0.15, 0.2) is 0 Å². The Morgan fingerprint density at radius 2 is 1.86 bits per heavy atom. The molecule has 86 valence electrons. The predicted octanol–water partition coefficient (Wildman–Crippen LogP) is 2.22. The number of nitrogens with zero attached hydrogens (tertiary/aromatic N) is 1. The molecule has 0 amide bonds. The predicted molar refractivity (Wildman–Crippen MR) is 66.0 cm³/mol. The quantitative estimate of drug-likeness (QED) is 0.602. The first-order valence-electron chi connectivity index (χ1n) is 5.72. The highest BCUT2D eigenvalue weighted by molar-refractivity contribution is 7.99. The van der Waals surface area contributed by atoms with Crippen LogP contribution in [0.15, 0.2) is 0 Å². The van der Waals surface area contributed by atoms with Crippen molar-refractivity contribution in [1.82, 2.24) is 4.90 Å². The van der Waals surface area contributed by atoms with Crippen LogP contribution >= 0.6 is 11.8 Å². The zero-order valence-corrected chi connectivity index (χ0v) is 10.6. The minimum absolute atomic E-state index is 0.156. The third-order valence-corrected chi connectivity index (χ3v) is 3.51. The topological polar surface area (TPSA) is 23.5 Å². The lowest BCUT2D eigenvalue weighted by molar-refractivity contribution is 0.137. The normalized spacial score (nSPS) is 13.5. The number of unbranched alkanes of at least 4 members (excludes halogenated alkanes) is 1. The molecule has 0 saturated heterocycles. The van der Waals surface area contributed by atoms with Crippen LogP contribution in [0, 0.1) is 0 Å². The third-order valence-electron chi connectivity index (χ3n) is 2.32. The van der Waals surface area contributed by atoms with Crippen molar-refractivity contribution in [2.45, 2.75) is 39.7 Å². The maximum absolute atomic E-state index is 9.72. The second-order valence-electron chi connectivity index (χ2n) is 3.57. The van der Waals surface area contributed by atoms with Gasteiger partial charge in [-0.1, -0.05) is 27.2 Å². The van der Waals surface area contributed by atoms with E-state index in [9.17, 15) is 5.11 Å². The van der Waals surface area contributed by atoms with Crippen LogP contribution in [0.5, 0.6) is 0 Å². The van der Waals surface area contributed by atoms with Crippen LogP contribution in [0.2, 0.25) is 0 Å². The highest BCUT2D eigenvalue weighted by Gasteiger charge is 2.08. The lowest BCUT2D eigenvalue weighted by Crippen LogP contribution is -2.33. The van der Waals surface area contributed by atoms with E-state index in [4.69, 9.17) is 0 Å². The zero-order valence-electron chi connectivity index (χ0n) is 9.83. The lowest BCUT2D eigenvalue weighted by atomic mass is 10.3. The molecule has 14 heavy (non-hydrogen) atoms. The standard InChI is InChI=1S/C11H25NOS/c1-4-7-8-14-10-11(13)9-12(5-2)6-3/h11,13H,4-10H2,1-3H3/t11-/m0/s1. The molecule has 0 fully saturated rings. The van der Waals surface area contributed by atoms with Crippen LogP contribution in [0.1, 0.15) is 33.6 Å². The van der Waals surface area contributed by atoms with Gasteiger partial charge < -0.3 is 10.0 Å². The second kappa shape index (κ2) is 9.81. The Balaban J connectivity index is 3.38. The van der Waals surface area contributed by atoms with Crippen LogP contribution < -0.4 is 0 Å². The Hall–Kier alpha value is 0.270. The molecule has 0 aliphatic carbocycles. The summed E-state index contributed by atoms with van der Waals surface area (Å²) in [4.78, 5) is 2.27. The molecule has 0 aromatic carbocycles. The van der Waals surface area contributed by atoms with E-state index in [0.29, 0.717) is 0 Å². The maximum atomic E-state index is 9.72. The number of hydrogen-bond donors (Lipinski definition) is 1. The molecule has 0 saturated carbocycles. The first-order valence-corrected chi connectivity index (χ1v) is 6.88. The van der Waals surface area contributed by atoms with E-state index >= 15 is 0 Å². The zero-order chi connectivity index (χ0) is 10.8. The summed E-state index contributed by atoms with van der Waals surface area (Å²) in [7, 11) is 0. The summed E-state index contributed by atoms with van der Waals surface area (Å²) in [5.74, 6) is 2.07. The van der Waals surface area contributed by atoms with Crippen molar-refractivity contribution in [2.75, 3.05) is 31.1 Å². The summed E-state index contributed by atoms with van der Waals surface area (Å²) in [6.45, 7) is 9.38. The number of rotatable bonds is 9. The van der Waals surface area contributed by atoms with Gasteiger partial charge in [0.25, 0.3) is 0 Å². The van der Waals surface area contributed by atoms with Crippen molar-refractivity contribution >= 4 is 11.8 Å². The van der Waals surface area contributed by atoms with E-state index in [2.05, 4.69) is 25.7 Å². The maximum Gasteiger partial charge on any atom is 0.0757 e. The minimum Gasteiger partial charge on any atom is -0.391 e. The summed E-state index contributed by atoms with van der Waals surface area (Å²) in [5.41, 5.74) is 0. The summed E-state index contributed by atoms with van der Waals surface area (Å²) in [6, 6.07) is 0. The van der Waals surface area contributed by atoms with E-state index in [1.165, 1.54) is 18.6 Å². The SMILES string of the molecule is CCCCSC[C@@H](O)CN(CC)CC. The smallest absolute Gasteiger partial charge is 0.0757 e. The van der Waals surface area contributed by atoms with Gasteiger partial charge in [-0.05, 0) is 25.3 Å². The van der Waals surface area contributed by atoms with E-state index in [1.807, 2.05) is 11.8 Å². The van der Waals surface area contributed by atoms with Gasteiger partial charge in [-0.25, -0.2) is 0 Å².